The maximum atomic E-state index is 11.0. The van der Waals surface area contributed by atoms with E-state index in [0.29, 0.717) is 10.8 Å². The van der Waals surface area contributed by atoms with Crippen molar-refractivity contribution in [1.29, 1.82) is 0 Å². The van der Waals surface area contributed by atoms with Gasteiger partial charge >= 0.3 is 5.97 Å². The van der Waals surface area contributed by atoms with Crippen molar-refractivity contribution in [3.05, 3.63) is 53.1 Å². The van der Waals surface area contributed by atoms with E-state index >= 15 is 0 Å². The van der Waals surface area contributed by atoms with Crippen molar-refractivity contribution < 1.29 is 14.6 Å². The van der Waals surface area contributed by atoms with E-state index in [1.54, 1.807) is 31.4 Å². The highest BCUT2D eigenvalue weighted by Gasteiger charge is 2.10. The summed E-state index contributed by atoms with van der Waals surface area (Å²) in [6.07, 6.45) is 0. The molecule has 0 unspecified atom stereocenters. The van der Waals surface area contributed by atoms with E-state index in [-0.39, 0.29) is 5.56 Å². The van der Waals surface area contributed by atoms with Crippen molar-refractivity contribution >= 4 is 17.6 Å². The van der Waals surface area contributed by atoms with Gasteiger partial charge in [0.25, 0.3) is 0 Å². The zero-order valence-electron chi connectivity index (χ0n) is 9.68. The molecule has 0 aliphatic carbocycles. The number of carboxylic acids is 1. The van der Waals surface area contributed by atoms with E-state index in [2.05, 4.69) is 0 Å². The van der Waals surface area contributed by atoms with Crippen molar-refractivity contribution in [2.75, 3.05) is 7.11 Å². The Morgan fingerprint density at radius 2 is 1.83 bits per heavy atom. The van der Waals surface area contributed by atoms with E-state index in [4.69, 9.17) is 21.4 Å². The Kier molecular flexibility index (Phi) is 3.53. The fourth-order valence-corrected chi connectivity index (χ4v) is 1.82. The van der Waals surface area contributed by atoms with Crippen molar-refractivity contribution in [2.45, 2.75) is 0 Å². The number of carbonyl (C=O) groups is 1. The normalized spacial score (nSPS) is 10.1. The number of benzene rings is 2. The highest BCUT2D eigenvalue weighted by atomic mass is 35.5. The molecule has 4 heteroatoms. The molecule has 1 N–H and O–H groups in total. The van der Waals surface area contributed by atoms with Crippen molar-refractivity contribution in [1.82, 2.24) is 0 Å². The van der Waals surface area contributed by atoms with Crippen LogP contribution in [0.15, 0.2) is 42.5 Å². The summed E-state index contributed by atoms with van der Waals surface area (Å²) in [5, 5.41) is 9.63. The highest BCUT2D eigenvalue weighted by Crippen LogP contribution is 2.31. The Labute approximate surface area is 110 Å². The molecule has 0 heterocycles. The van der Waals surface area contributed by atoms with Gasteiger partial charge in [-0.05, 0) is 35.9 Å². The van der Waals surface area contributed by atoms with Gasteiger partial charge in [-0.2, -0.15) is 0 Å². The molecule has 2 rings (SSSR count). The lowest BCUT2D eigenvalue weighted by atomic mass is 10.0. The van der Waals surface area contributed by atoms with Gasteiger partial charge in [0.1, 0.15) is 5.75 Å². The van der Waals surface area contributed by atoms with Crippen molar-refractivity contribution in [3.63, 3.8) is 0 Å². The van der Waals surface area contributed by atoms with E-state index in [1.165, 1.54) is 6.07 Å². The number of aromatic carboxylic acids is 1. The number of hydrogen-bond acceptors (Lipinski definition) is 2. The molecule has 3 nitrogen and oxygen atoms in total. The lowest BCUT2D eigenvalue weighted by Crippen LogP contribution is -1.97. The van der Waals surface area contributed by atoms with E-state index in [1.807, 2.05) is 12.1 Å². The number of methoxy groups -OCH3 is 1. The van der Waals surface area contributed by atoms with Gasteiger partial charge in [0.2, 0.25) is 0 Å². The van der Waals surface area contributed by atoms with Gasteiger partial charge in [-0.3, -0.25) is 0 Å². The summed E-state index contributed by atoms with van der Waals surface area (Å²) in [4.78, 5) is 11.0. The summed E-state index contributed by atoms with van der Waals surface area (Å²) in [7, 11) is 1.55. The predicted octanol–water partition coefficient (Wildman–Crippen LogP) is 3.71. The number of rotatable bonds is 3. The predicted molar refractivity (Wildman–Crippen MR) is 70.4 cm³/mol. The van der Waals surface area contributed by atoms with Crippen LogP contribution >= 0.6 is 11.6 Å². The van der Waals surface area contributed by atoms with Gasteiger partial charge in [0, 0.05) is 10.6 Å². The molecule has 2 aromatic carbocycles. The third-order valence-corrected chi connectivity index (χ3v) is 2.85. The van der Waals surface area contributed by atoms with E-state index < -0.39 is 5.97 Å². The van der Waals surface area contributed by atoms with Crippen LogP contribution in [0.5, 0.6) is 5.75 Å². The largest absolute Gasteiger partial charge is 0.496 e. The number of ether oxygens (including phenoxy) is 1. The molecular formula is C14H11ClO3. The first-order valence-corrected chi connectivity index (χ1v) is 5.67. The Bertz CT molecular complexity index is 576. The molecule has 2 aromatic rings. The smallest absolute Gasteiger partial charge is 0.335 e. The molecule has 0 bridgehead atoms. The fraction of sp³-hybridized carbons (Fsp3) is 0.0714. The first kappa shape index (κ1) is 12.5. The third kappa shape index (κ3) is 2.46. The average Bonchev–Trinajstić information content (AvgIpc) is 2.39. The summed E-state index contributed by atoms with van der Waals surface area (Å²) in [5.41, 5.74) is 1.81. The second kappa shape index (κ2) is 5.10. The average molecular weight is 263 g/mol. The molecule has 0 aliphatic rings. The van der Waals surface area contributed by atoms with Gasteiger partial charge in [0.05, 0.1) is 12.7 Å². The summed E-state index contributed by atoms with van der Waals surface area (Å²) < 4.78 is 5.24. The first-order chi connectivity index (χ1) is 8.61. The molecule has 0 aromatic heterocycles. The first-order valence-electron chi connectivity index (χ1n) is 5.29. The molecule has 0 radical (unpaired) electrons. The number of hydrogen-bond donors (Lipinski definition) is 1. The van der Waals surface area contributed by atoms with E-state index in [0.717, 1.165) is 11.1 Å². The van der Waals surface area contributed by atoms with Gasteiger partial charge < -0.3 is 9.84 Å². The van der Waals surface area contributed by atoms with Crippen LogP contribution in [0.1, 0.15) is 10.4 Å². The second-order valence-corrected chi connectivity index (χ2v) is 4.16. The number of carboxylic acid groups (broad SMARTS) is 1. The summed E-state index contributed by atoms with van der Waals surface area (Å²) >= 11 is 5.83. The lowest BCUT2D eigenvalue weighted by molar-refractivity contribution is 0.0697. The minimum atomic E-state index is -0.965. The van der Waals surface area contributed by atoms with Gasteiger partial charge in [-0.25, -0.2) is 4.79 Å². The van der Waals surface area contributed by atoms with Crippen LogP contribution in [0.3, 0.4) is 0 Å². The van der Waals surface area contributed by atoms with Gasteiger partial charge in [0.15, 0.2) is 0 Å². The Morgan fingerprint density at radius 1 is 1.17 bits per heavy atom. The SMILES string of the molecule is COc1ccc(C(=O)O)cc1-c1ccc(Cl)cc1. The summed E-state index contributed by atoms with van der Waals surface area (Å²) in [6, 6.07) is 11.9. The lowest BCUT2D eigenvalue weighted by Gasteiger charge is -2.09. The van der Waals surface area contributed by atoms with Crippen molar-refractivity contribution in [3.8, 4) is 16.9 Å². The molecule has 92 valence electrons. The number of halogens is 1. The minimum Gasteiger partial charge on any atom is -0.496 e. The zero-order valence-corrected chi connectivity index (χ0v) is 10.4. The topological polar surface area (TPSA) is 46.5 Å². The maximum absolute atomic E-state index is 11.0. The summed E-state index contributed by atoms with van der Waals surface area (Å²) in [5.74, 6) is -0.338. The molecular weight excluding hydrogens is 252 g/mol. The van der Waals surface area contributed by atoms with Crippen LogP contribution in [0.2, 0.25) is 5.02 Å². The zero-order chi connectivity index (χ0) is 13.1. The standard InChI is InChI=1S/C14H11ClO3/c1-18-13-7-4-10(14(16)17)8-12(13)9-2-5-11(15)6-3-9/h2-8H,1H3,(H,16,17). The summed E-state index contributed by atoms with van der Waals surface area (Å²) in [6.45, 7) is 0. The molecule has 0 fully saturated rings. The molecule has 0 saturated heterocycles. The molecule has 18 heavy (non-hydrogen) atoms. The molecule has 0 saturated carbocycles. The molecule has 0 atom stereocenters. The van der Waals surface area contributed by atoms with Crippen LogP contribution in [0, 0.1) is 0 Å². The fourth-order valence-electron chi connectivity index (χ4n) is 1.70. The van der Waals surface area contributed by atoms with Crippen LogP contribution in [-0.4, -0.2) is 18.2 Å². The molecule has 0 aliphatic heterocycles. The molecule has 0 amide bonds. The quantitative estimate of drug-likeness (QED) is 0.917. The Morgan fingerprint density at radius 3 is 2.39 bits per heavy atom. The Balaban J connectivity index is 2.56. The van der Waals surface area contributed by atoms with Gasteiger partial charge in [-0.15, -0.1) is 0 Å². The van der Waals surface area contributed by atoms with Gasteiger partial charge in [-0.1, -0.05) is 23.7 Å². The van der Waals surface area contributed by atoms with Crippen LogP contribution in [-0.2, 0) is 0 Å². The van der Waals surface area contributed by atoms with Crippen LogP contribution < -0.4 is 4.74 Å². The monoisotopic (exact) mass is 262 g/mol. The minimum absolute atomic E-state index is 0.223. The third-order valence-electron chi connectivity index (χ3n) is 2.60. The van der Waals surface area contributed by atoms with E-state index in [9.17, 15) is 4.79 Å². The maximum Gasteiger partial charge on any atom is 0.335 e. The van der Waals surface area contributed by atoms with Crippen molar-refractivity contribution in [2.24, 2.45) is 0 Å². The second-order valence-electron chi connectivity index (χ2n) is 3.73. The molecule has 0 spiro atoms. The van der Waals surface area contributed by atoms with Crippen LogP contribution in [0.25, 0.3) is 11.1 Å². The highest BCUT2D eigenvalue weighted by molar-refractivity contribution is 6.30. The van der Waals surface area contributed by atoms with Crippen LogP contribution in [0.4, 0.5) is 0 Å². The Hall–Kier alpha value is -2.00.